The fourth-order valence-electron chi connectivity index (χ4n) is 1.03. The van der Waals surface area contributed by atoms with Crippen molar-refractivity contribution in [3.8, 4) is 5.75 Å². The van der Waals surface area contributed by atoms with Crippen molar-refractivity contribution < 1.29 is 29.4 Å². The molecule has 0 saturated carbocycles. The minimum atomic E-state index is -4.39. The number of nitrogens with one attached hydrogen (secondary N) is 1. The predicted molar refractivity (Wildman–Crippen MR) is 56.4 cm³/mol. The van der Waals surface area contributed by atoms with Crippen LogP contribution in [0.2, 0.25) is 0 Å². The predicted octanol–water partition coefficient (Wildman–Crippen LogP) is -1.59. The second-order valence-corrected chi connectivity index (χ2v) is 4.38. The number of halogens is 2. The molecule has 0 aliphatic heterocycles. The van der Waals surface area contributed by atoms with E-state index < -0.39 is 16.0 Å². The van der Waals surface area contributed by atoms with E-state index in [1.54, 1.807) is 31.4 Å². The van der Waals surface area contributed by atoms with Crippen molar-refractivity contribution in [3.63, 3.8) is 0 Å². The van der Waals surface area contributed by atoms with Crippen molar-refractivity contribution >= 4 is 15.9 Å². The summed E-state index contributed by atoms with van der Waals surface area (Å²) in [5.41, 5.74) is 0.722. The number of anilines is 1. The summed E-state index contributed by atoms with van der Waals surface area (Å²) in [4.78, 5) is 0. The average molecular weight is 269 g/mol. The second-order valence-electron chi connectivity index (χ2n) is 2.90. The van der Waals surface area contributed by atoms with Crippen molar-refractivity contribution in [2.24, 2.45) is 0 Å². The summed E-state index contributed by atoms with van der Waals surface area (Å²) >= 11 is 0. The quantitative estimate of drug-likeness (QED) is 0.655. The molecule has 0 spiro atoms. The summed E-state index contributed by atoms with van der Waals surface area (Å²) in [6, 6.07) is 6.91. The van der Waals surface area contributed by atoms with Crippen molar-refractivity contribution in [2.45, 2.75) is 0 Å². The van der Waals surface area contributed by atoms with Crippen molar-refractivity contribution in [1.82, 2.24) is 0 Å². The molecule has 7 heteroatoms. The van der Waals surface area contributed by atoms with Gasteiger partial charge in [-0.25, -0.2) is 0 Å². The lowest BCUT2D eigenvalue weighted by atomic mass is 10.3. The fraction of sp³-hybridized carbons (Fsp3) is 0.333. The molecule has 1 aromatic carbocycles. The number of hydrogen-bond donors (Lipinski definition) is 1. The van der Waals surface area contributed by atoms with Crippen LogP contribution in [0.25, 0.3) is 0 Å². The molecule has 0 unspecified atom stereocenters. The van der Waals surface area contributed by atoms with Crippen LogP contribution in [0.1, 0.15) is 0 Å². The van der Waals surface area contributed by atoms with Gasteiger partial charge in [0.15, 0.2) is 0 Å². The van der Waals surface area contributed by atoms with Gasteiger partial charge >= 0.3 is 10.2 Å². The molecule has 0 aliphatic carbocycles. The molecule has 0 radical (unpaired) electrons. The van der Waals surface area contributed by atoms with Gasteiger partial charge in [-0.3, -0.25) is 0 Å². The molecule has 0 amide bonds. The van der Waals surface area contributed by atoms with E-state index in [4.69, 9.17) is 4.74 Å². The largest absolute Gasteiger partial charge is 1.00 e. The second kappa shape index (κ2) is 6.55. The number of hydrogen-bond acceptors (Lipinski definition) is 4. The first-order chi connectivity index (χ1) is 7.01. The minimum absolute atomic E-state index is 0. The zero-order chi connectivity index (χ0) is 11.3. The Morgan fingerprint density at radius 3 is 2.31 bits per heavy atom. The van der Waals surface area contributed by atoms with Crippen LogP contribution in [-0.4, -0.2) is 27.8 Å². The average Bonchev–Trinajstić information content (AvgIpc) is 2.17. The molecule has 0 aliphatic rings. The van der Waals surface area contributed by atoms with Gasteiger partial charge in [-0.15, -0.1) is 3.89 Å². The molecule has 0 atom stereocenters. The summed E-state index contributed by atoms with van der Waals surface area (Å²) in [5.74, 6) is 0.178. The molecule has 0 heterocycles. The number of methoxy groups -OCH3 is 1. The fourth-order valence-corrected chi connectivity index (χ4v) is 1.37. The first-order valence-electron chi connectivity index (χ1n) is 4.31. The number of ether oxygens (including phenoxy) is 1. The summed E-state index contributed by atoms with van der Waals surface area (Å²) in [6.45, 7) is 0.0468. The summed E-state index contributed by atoms with van der Waals surface area (Å²) in [6.07, 6.45) is 0. The van der Waals surface area contributed by atoms with Crippen molar-refractivity contribution in [1.29, 1.82) is 0 Å². The van der Waals surface area contributed by atoms with Crippen molar-refractivity contribution in [2.75, 3.05) is 24.7 Å². The third-order valence-electron chi connectivity index (χ3n) is 1.77. The van der Waals surface area contributed by atoms with Gasteiger partial charge in [0.2, 0.25) is 0 Å². The van der Waals surface area contributed by atoms with Gasteiger partial charge in [0, 0.05) is 12.2 Å². The third kappa shape index (κ3) is 5.77. The van der Waals surface area contributed by atoms with Crippen LogP contribution in [0.3, 0.4) is 0 Å². The zero-order valence-electron chi connectivity index (χ0n) is 8.61. The Morgan fingerprint density at radius 2 is 1.88 bits per heavy atom. The summed E-state index contributed by atoms with van der Waals surface area (Å²) in [7, 11) is -2.84. The highest BCUT2D eigenvalue weighted by atomic mass is 35.5. The standard InChI is InChI=1S/C9H12FNO3S.ClH/c1-14-9-4-2-8(3-5-9)11-6-7-15(10,12)13;/h2-5,11H,6-7H2,1H3;1H/p-1. The van der Waals surface area contributed by atoms with E-state index in [0.717, 1.165) is 5.69 Å². The van der Waals surface area contributed by atoms with Gasteiger partial charge in [0.25, 0.3) is 0 Å². The van der Waals surface area contributed by atoms with Crippen LogP contribution >= 0.6 is 0 Å². The molecule has 16 heavy (non-hydrogen) atoms. The highest BCUT2D eigenvalue weighted by Gasteiger charge is 2.05. The van der Waals surface area contributed by atoms with Crippen LogP contribution in [0.4, 0.5) is 9.57 Å². The van der Waals surface area contributed by atoms with Gasteiger partial charge in [0.1, 0.15) is 5.75 Å². The molecule has 0 saturated heterocycles. The summed E-state index contributed by atoms with van der Waals surface area (Å²) in [5, 5.41) is 2.78. The van der Waals surface area contributed by atoms with Gasteiger partial charge in [0.05, 0.1) is 12.9 Å². The highest BCUT2D eigenvalue weighted by molar-refractivity contribution is 7.86. The van der Waals surface area contributed by atoms with Gasteiger partial charge < -0.3 is 22.5 Å². The van der Waals surface area contributed by atoms with Crippen LogP contribution in [0, 0.1) is 0 Å². The normalized spacial score (nSPS) is 10.4. The molecular weight excluding hydrogens is 257 g/mol. The van der Waals surface area contributed by atoms with E-state index in [-0.39, 0.29) is 19.0 Å². The van der Waals surface area contributed by atoms with Crippen molar-refractivity contribution in [3.05, 3.63) is 24.3 Å². The lowest BCUT2D eigenvalue weighted by Gasteiger charge is -2.05. The third-order valence-corrected chi connectivity index (χ3v) is 2.46. The Hall–Kier alpha value is -1.01. The van der Waals surface area contributed by atoms with Gasteiger partial charge in [-0.1, -0.05) is 0 Å². The minimum Gasteiger partial charge on any atom is -1.00 e. The van der Waals surface area contributed by atoms with E-state index >= 15 is 0 Å². The first kappa shape index (κ1) is 15.0. The molecule has 4 nitrogen and oxygen atoms in total. The lowest BCUT2D eigenvalue weighted by molar-refractivity contribution is -0.00000690. The number of rotatable bonds is 5. The SMILES string of the molecule is COc1ccc(NCCS(=O)(=O)F)cc1.[Cl-]. The Bertz CT molecular complexity index is 407. The van der Waals surface area contributed by atoms with Crippen LogP contribution in [-0.2, 0) is 10.2 Å². The lowest BCUT2D eigenvalue weighted by Crippen LogP contribution is -3.00. The van der Waals surface area contributed by atoms with Gasteiger partial charge in [-0.05, 0) is 24.3 Å². The van der Waals surface area contributed by atoms with E-state index in [1.165, 1.54) is 0 Å². The van der Waals surface area contributed by atoms with Crippen LogP contribution < -0.4 is 22.5 Å². The molecule has 0 aromatic heterocycles. The Kier molecular flexibility index (Phi) is 6.13. The Balaban J connectivity index is 0.00000225. The van der Waals surface area contributed by atoms with Gasteiger partial charge in [-0.2, -0.15) is 8.42 Å². The maximum atomic E-state index is 12.1. The molecule has 0 fully saturated rings. The molecule has 92 valence electrons. The molecule has 1 rings (SSSR count). The maximum Gasteiger partial charge on any atom is 0.304 e. The highest BCUT2D eigenvalue weighted by Crippen LogP contribution is 2.14. The molecular formula is C9H12ClFNO3S-. The summed E-state index contributed by atoms with van der Waals surface area (Å²) < 4.78 is 37.5. The smallest absolute Gasteiger partial charge is 0.304 e. The van der Waals surface area contributed by atoms with E-state index in [0.29, 0.717) is 5.75 Å². The zero-order valence-corrected chi connectivity index (χ0v) is 10.2. The number of benzene rings is 1. The van der Waals surface area contributed by atoms with Crippen LogP contribution in [0.15, 0.2) is 24.3 Å². The van der Waals surface area contributed by atoms with E-state index in [1.807, 2.05) is 0 Å². The Morgan fingerprint density at radius 1 is 1.31 bits per heavy atom. The monoisotopic (exact) mass is 268 g/mol. The Labute approximate surface area is 100 Å². The first-order valence-corrected chi connectivity index (χ1v) is 5.87. The molecule has 0 bridgehead atoms. The van der Waals surface area contributed by atoms with Crippen LogP contribution in [0.5, 0.6) is 5.75 Å². The topological polar surface area (TPSA) is 55.4 Å². The molecule has 1 aromatic rings. The van der Waals surface area contributed by atoms with E-state index in [2.05, 4.69) is 5.32 Å². The maximum absolute atomic E-state index is 12.1. The van der Waals surface area contributed by atoms with E-state index in [9.17, 15) is 12.3 Å². The molecule has 1 N–H and O–H groups in total.